The highest BCUT2D eigenvalue weighted by atomic mass is 16.4. The fraction of sp³-hybridized carbons (Fsp3) is 0.400. The van der Waals surface area contributed by atoms with Crippen LogP contribution in [0.5, 0.6) is 0 Å². The number of hydrogen-bond donors (Lipinski definition) is 1. The SMILES string of the molecule is CC(C)Cc1cncc(C(=O)O)c1. The Kier molecular flexibility index (Phi) is 3.01. The highest BCUT2D eigenvalue weighted by Gasteiger charge is 2.04. The van der Waals surface area contributed by atoms with E-state index in [1.165, 1.54) is 6.20 Å². The van der Waals surface area contributed by atoms with Crippen LogP contribution in [0, 0.1) is 5.92 Å². The maximum Gasteiger partial charge on any atom is 0.337 e. The molecule has 0 saturated carbocycles. The van der Waals surface area contributed by atoms with Crippen molar-refractivity contribution in [1.29, 1.82) is 0 Å². The standard InChI is InChI=1S/C10H13NO2/c1-7(2)3-8-4-9(10(12)13)6-11-5-8/h4-7H,3H2,1-2H3,(H,12,13). The molecule has 70 valence electrons. The summed E-state index contributed by atoms with van der Waals surface area (Å²) in [5, 5.41) is 8.70. The summed E-state index contributed by atoms with van der Waals surface area (Å²) in [5.41, 5.74) is 1.24. The van der Waals surface area contributed by atoms with Gasteiger partial charge in [0.1, 0.15) is 0 Å². The van der Waals surface area contributed by atoms with E-state index in [4.69, 9.17) is 5.11 Å². The number of rotatable bonds is 3. The third-order valence-corrected chi connectivity index (χ3v) is 1.69. The van der Waals surface area contributed by atoms with Crippen molar-refractivity contribution in [2.75, 3.05) is 0 Å². The molecule has 1 aromatic heterocycles. The molecular weight excluding hydrogens is 166 g/mol. The van der Waals surface area contributed by atoms with Crippen LogP contribution < -0.4 is 0 Å². The fourth-order valence-electron chi connectivity index (χ4n) is 1.19. The minimum absolute atomic E-state index is 0.262. The maximum atomic E-state index is 10.6. The summed E-state index contributed by atoms with van der Waals surface area (Å²) in [5.74, 6) is -0.399. The van der Waals surface area contributed by atoms with E-state index in [0.717, 1.165) is 12.0 Å². The summed E-state index contributed by atoms with van der Waals surface area (Å²) in [6.45, 7) is 4.18. The van der Waals surface area contributed by atoms with Gasteiger partial charge in [0.15, 0.2) is 0 Å². The molecule has 3 nitrogen and oxygen atoms in total. The number of pyridine rings is 1. The topological polar surface area (TPSA) is 50.2 Å². The number of carbonyl (C=O) groups is 1. The van der Waals surface area contributed by atoms with Crippen molar-refractivity contribution in [2.24, 2.45) is 5.92 Å². The van der Waals surface area contributed by atoms with Crippen molar-refractivity contribution in [3.8, 4) is 0 Å². The Hall–Kier alpha value is -1.38. The molecule has 0 aliphatic carbocycles. The van der Waals surface area contributed by atoms with Gasteiger partial charge in [-0.1, -0.05) is 13.8 Å². The second kappa shape index (κ2) is 4.03. The number of carboxylic acid groups (broad SMARTS) is 1. The van der Waals surface area contributed by atoms with E-state index in [1.54, 1.807) is 12.3 Å². The second-order valence-corrected chi connectivity index (χ2v) is 3.48. The molecule has 3 heteroatoms. The van der Waals surface area contributed by atoms with Gasteiger partial charge in [0.05, 0.1) is 5.56 Å². The normalized spacial score (nSPS) is 10.4. The molecule has 1 aromatic rings. The van der Waals surface area contributed by atoms with E-state index >= 15 is 0 Å². The molecule has 0 atom stereocenters. The lowest BCUT2D eigenvalue weighted by Gasteiger charge is -2.04. The third kappa shape index (κ3) is 2.86. The first kappa shape index (κ1) is 9.71. The largest absolute Gasteiger partial charge is 0.478 e. The van der Waals surface area contributed by atoms with Crippen molar-refractivity contribution in [3.05, 3.63) is 29.6 Å². The van der Waals surface area contributed by atoms with Crippen LogP contribution in [-0.4, -0.2) is 16.1 Å². The van der Waals surface area contributed by atoms with Crippen molar-refractivity contribution in [2.45, 2.75) is 20.3 Å². The summed E-state index contributed by atoms with van der Waals surface area (Å²) in [7, 11) is 0. The molecular formula is C10H13NO2. The molecule has 0 aromatic carbocycles. The Morgan fingerprint density at radius 1 is 1.54 bits per heavy atom. The number of aromatic nitrogens is 1. The Bertz CT molecular complexity index is 308. The summed E-state index contributed by atoms with van der Waals surface area (Å²) >= 11 is 0. The van der Waals surface area contributed by atoms with E-state index in [9.17, 15) is 4.79 Å². The summed E-state index contributed by atoms with van der Waals surface area (Å²) < 4.78 is 0. The zero-order chi connectivity index (χ0) is 9.84. The van der Waals surface area contributed by atoms with Gasteiger partial charge in [0.2, 0.25) is 0 Å². The molecule has 1 heterocycles. The van der Waals surface area contributed by atoms with E-state index in [0.29, 0.717) is 5.92 Å². The average Bonchev–Trinajstić information content (AvgIpc) is 2.03. The third-order valence-electron chi connectivity index (χ3n) is 1.69. The quantitative estimate of drug-likeness (QED) is 0.771. The number of carboxylic acids is 1. The van der Waals surface area contributed by atoms with Crippen molar-refractivity contribution >= 4 is 5.97 Å². The molecule has 1 rings (SSSR count). The van der Waals surface area contributed by atoms with Crippen LogP contribution in [0.3, 0.4) is 0 Å². The van der Waals surface area contributed by atoms with Gasteiger partial charge >= 0.3 is 5.97 Å². The molecule has 0 fully saturated rings. The Labute approximate surface area is 77.4 Å². The lowest BCUT2D eigenvalue weighted by molar-refractivity contribution is 0.0696. The number of hydrogen-bond acceptors (Lipinski definition) is 2. The minimum atomic E-state index is -0.918. The minimum Gasteiger partial charge on any atom is -0.478 e. The summed E-state index contributed by atoms with van der Waals surface area (Å²) in [4.78, 5) is 14.5. The Morgan fingerprint density at radius 2 is 2.23 bits per heavy atom. The van der Waals surface area contributed by atoms with Crippen LogP contribution in [0.25, 0.3) is 0 Å². The predicted molar refractivity (Wildman–Crippen MR) is 49.7 cm³/mol. The first-order valence-electron chi connectivity index (χ1n) is 4.27. The van der Waals surface area contributed by atoms with E-state index in [1.807, 2.05) is 0 Å². The van der Waals surface area contributed by atoms with Gasteiger partial charge < -0.3 is 5.11 Å². The molecule has 0 unspecified atom stereocenters. The highest BCUT2D eigenvalue weighted by molar-refractivity contribution is 5.87. The number of aromatic carboxylic acids is 1. The van der Waals surface area contributed by atoms with Crippen LogP contribution in [0.2, 0.25) is 0 Å². The molecule has 1 N–H and O–H groups in total. The lowest BCUT2D eigenvalue weighted by atomic mass is 10.0. The molecule has 0 saturated heterocycles. The average molecular weight is 179 g/mol. The molecule has 0 spiro atoms. The van der Waals surface area contributed by atoms with Crippen molar-refractivity contribution in [3.63, 3.8) is 0 Å². The fourth-order valence-corrected chi connectivity index (χ4v) is 1.19. The maximum absolute atomic E-state index is 10.6. The molecule has 0 aliphatic heterocycles. The van der Waals surface area contributed by atoms with Crippen LogP contribution in [0.4, 0.5) is 0 Å². The smallest absolute Gasteiger partial charge is 0.337 e. The van der Waals surface area contributed by atoms with Gasteiger partial charge in [-0.25, -0.2) is 4.79 Å². The summed E-state index contributed by atoms with van der Waals surface area (Å²) in [6.07, 6.45) is 3.95. The predicted octanol–water partition coefficient (Wildman–Crippen LogP) is 1.98. The first-order valence-corrected chi connectivity index (χ1v) is 4.27. The lowest BCUT2D eigenvalue weighted by Crippen LogP contribution is -2.01. The van der Waals surface area contributed by atoms with Crippen molar-refractivity contribution in [1.82, 2.24) is 4.98 Å². The van der Waals surface area contributed by atoms with E-state index in [2.05, 4.69) is 18.8 Å². The molecule has 0 amide bonds. The molecule has 13 heavy (non-hydrogen) atoms. The first-order chi connectivity index (χ1) is 6.09. The Morgan fingerprint density at radius 3 is 2.77 bits per heavy atom. The van der Waals surface area contributed by atoms with Crippen LogP contribution in [-0.2, 0) is 6.42 Å². The Balaban J connectivity index is 2.85. The van der Waals surface area contributed by atoms with Crippen LogP contribution in [0.15, 0.2) is 18.5 Å². The van der Waals surface area contributed by atoms with Crippen LogP contribution in [0.1, 0.15) is 29.8 Å². The van der Waals surface area contributed by atoms with Gasteiger partial charge in [-0.05, 0) is 24.0 Å². The monoisotopic (exact) mass is 179 g/mol. The van der Waals surface area contributed by atoms with E-state index in [-0.39, 0.29) is 5.56 Å². The van der Waals surface area contributed by atoms with Crippen LogP contribution >= 0.6 is 0 Å². The van der Waals surface area contributed by atoms with E-state index < -0.39 is 5.97 Å². The molecule has 0 aliphatic rings. The highest BCUT2D eigenvalue weighted by Crippen LogP contribution is 2.08. The van der Waals surface area contributed by atoms with Crippen molar-refractivity contribution < 1.29 is 9.90 Å². The molecule has 0 bridgehead atoms. The van der Waals surface area contributed by atoms with Gasteiger partial charge in [-0.3, -0.25) is 4.98 Å². The van der Waals surface area contributed by atoms with Gasteiger partial charge in [-0.15, -0.1) is 0 Å². The summed E-state index contributed by atoms with van der Waals surface area (Å²) in [6, 6.07) is 1.68. The molecule has 0 radical (unpaired) electrons. The van der Waals surface area contributed by atoms with Gasteiger partial charge in [0.25, 0.3) is 0 Å². The zero-order valence-corrected chi connectivity index (χ0v) is 7.82. The van der Waals surface area contributed by atoms with Gasteiger partial charge in [0, 0.05) is 12.4 Å². The number of nitrogens with zero attached hydrogens (tertiary/aromatic N) is 1. The second-order valence-electron chi connectivity index (χ2n) is 3.48. The van der Waals surface area contributed by atoms with Gasteiger partial charge in [-0.2, -0.15) is 0 Å². The zero-order valence-electron chi connectivity index (χ0n) is 7.82.